The monoisotopic (exact) mass is 176 g/mol. The molecule has 1 nitrogen and oxygen atoms in total. The number of hydrogen-bond acceptors (Lipinski definition) is 1. The summed E-state index contributed by atoms with van der Waals surface area (Å²) in [6, 6.07) is 8.35. The largest absolute Gasteiger partial charge is 0.493 e. The Morgan fingerprint density at radius 2 is 2.00 bits per heavy atom. The van der Waals surface area contributed by atoms with Gasteiger partial charge in [-0.1, -0.05) is 39.0 Å². The molecule has 1 heteroatoms. The second-order valence-electron chi connectivity index (χ2n) is 4.43. The van der Waals surface area contributed by atoms with Gasteiger partial charge in [-0.05, 0) is 17.4 Å². The van der Waals surface area contributed by atoms with E-state index in [0.29, 0.717) is 5.92 Å². The number of fused-ring (bicyclic) bond motifs is 1. The Morgan fingerprint density at radius 1 is 1.31 bits per heavy atom. The van der Waals surface area contributed by atoms with Gasteiger partial charge in [-0.3, -0.25) is 0 Å². The molecule has 1 aromatic carbocycles. The highest BCUT2D eigenvalue weighted by atomic mass is 16.5. The van der Waals surface area contributed by atoms with Gasteiger partial charge in [0.15, 0.2) is 0 Å². The van der Waals surface area contributed by atoms with Crippen LogP contribution in [0, 0.1) is 5.92 Å². The predicted molar refractivity (Wildman–Crippen MR) is 54.1 cm³/mol. The molecule has 1 unspecified atom stereocenters. The molecule has 1 aliphatic rings. The lowest BCUT2D eigenvalue weighted by atomic mass is 9.73. The van der Waals surface area contributed by atoms with Gasteiger partial charge in [-0.2, -0.15) is 0 Å². The van der Waals surface area contributed by atoms with Gasteiger partial charge in [0.2, 0.25) is 0 Å². The van der Waals surface area contributed by atoms with E-state index in [1.807, 2.05) is 6.07 Å². The van der Waals surface area contributed by atoms with E-state index >= 15 is 0 Å². The van der Waals surface area contributed by atoms with Crippen LogP contribution in [-0.2, 0) is 5.41 Å². The number of rotatable bonds is 0. The van der Waals surface area contributed by atoms with Crippen molar-refractivity contribution >= 4 is 0 Å². The van der Waals surface area contributed by atoms with E-state index < -0.39 is 0 Å². The van der Waals surface area contributed by atoms with Crippen LogP contribution in [0.3, 0.4) is 0 Å². The molecule has 1 heterocycles. The maximum atomic E-state index is 5.67. The molecular formula is C12H16O. The molecule has 1 atom stereocenters. The van der Waals surface area contributed by atoms with Gasteiger partial charge >= 0.3 is 0 Å². The third-order valence-electron chi connectivity index (χ3n) is 3.30. The van der Waals surface area contributed by atoms with Gasteiger partial charge < -0.3 is 4.74 Å². The van der Waals surface area contributed by atoms with Crippen molar-refractivity contribution in [3.63, 3.8) is 0 Å². The summed E-state index contributed by atoms with van der Waals surface area (Å²) >= 11 is 0. The summed E-state index contributed by atoms with van der Waals surface area (Å²) in [7, 11) is 0. The van der Waals surface area contributed by atoms with Crippen molar-refractivity contribution in [3.05, 3.63) is 29.8 Å². The molecule has 0 bridgehead atoms. The third kappa shape index (κ3) is 1.23. The molecule has 1 aliphatic heterocycles. The fraction of sp³-hybridized carbons (Fsp3) is 0.500. The van der Waals surface area contributed by atoms with E-state index in [-0.39, 0.29) is 5.41 Å². The first-order chi connectivity index (χ1) is 6.12. The lowest BCUT2D eigenvalue weighted by molar-refractivity contribution is 0.163. The van der Waals surface area contributed by atoms with E-state index in [4.69, 9.17) is 4.74 Å². The van der Waals surface area contributed by atoms with Crippen LogP contribution in [0.2, 0.25) is 0 Å². The van der Waals surface area contributed by atoms with Gasteiger partial charge in [0, 0.05) is 5.56 Å². The highest BCUT2D eigenvalue weighted by Gasteiger charge is 2.34. The highest BCUT2D eigenvalue weighted by molar-refractivity contribution is 5.40. The molecule has 70 valence electrons. The zero-order valence-electron chi connectivity index (χ0n) is 8.50. The molecule has 0 spiro atoms. The molecule has 0 aliphatic carbocycles. The molecule has 0 saturated carbocycles. The zero-order valence-corrected chi connectivity index (χ0v) is 8.50. The van der Waals surface area contributed by atoms with Crippen LogP contribution in [0.15, 0.2) is 24.3 Å². The average Bonchev–Trinajstić information content (AvgIpc) is 2.13. The fourth-order valence-corrected chi connectivity index (χ4v) is 1.81. The van der Waals surface area contributed by atoms with E-state index in [2.05, 4.69) is 39.0 Å². The predicted octanol–water partition coefficient (Wildman–Crippen LogP) is 2.99. The Bertz CT molecular complexity index is 315. The van der Waals surface area contributed by atoms with E-state index in [0.717, 1.165) is 12.4 Å². The Kier molecular flexibility index (Phi) is 1.83. The molecule has 0 N–H and O–H groups in total. The minimum atomic E-state index is 0.245. The summed E-state index contributed by atoms with van der Waals surface area (Å²) < 4.78 is 5.67. The van der Waals surface area contributed by atoms with Crippen molar-refractivity contribution in [1.29, 1.82) is 0 Å². The van der Waals surface area contributed by atoms with Crippen LogP contribution in [0.5, 0.6) is 5.75 Å². The Morgan fingerprint density at radius 3 is 2.77 bits per heavy atom. The summed E-state index contributed by atoms with van der Waals surface area (Å²) in [6.45, 7) is 7.66. The fourth-order valence-electron chi connectivity index (χ4n) is 1.81. The molecule has 2 rings (SSSR count). The molecule has 1 aromatic rings. The van der Waals surface area contributed by atoms with Crippen LogP contribution >= 0.6 is 0 Å². The second kappa shape index (κ2) is 2.76. The quantitative estimate of drug-likeness (QED) is 0.590. The minimum absolute atomic E-state index is 0.245. The standard InChI is InChI=1S/C12H16O/c1-9-8-13-11-7-5-4-6-10(11)12(9,2)3/h4-7,9H,8H2,1-3H3. The maximum Gasteiger partial charge on any atom is 0.123 e. The summed E-state index contributed by atoms with van der Waals surface area (Å²) in [5, 5.41) is 0. The molecular weight excluding hydrogens is 160 g/mol. The first-order valence-electron chi connectivity index (χ1n) is 4.84. The topological polar surface area (TPSA) is 9.23 Å². The second-order valence-corrected chi connectivity index (χ2v) is 4.43. The lowest BCUT2D eigenvalue weighted by Crippen LogP contribution is -2.35. The minimum Gasteiger partial charge on any atom is -0.493 e. The van der Waals surface area contributed by atoms with Gasteiger partial charge in [0.05, 0.1) is 6.61 Å². The van der Waals surface area contributed by atoms with Crippen LogP contribution < -0.4 is 4.74 Å². The van der Waals surface area contributed by atoms with Gasteiger partial charge in [0.1, 0.15) is 5.75 Å². The van der Waals surface area contributed by atoms with Crippen LogP contribution in [-0.4, -0.2) is 6.61 Å². The summed E-state index contributed by atoms with van der Waals surface area (Å²) in [5.41, 5.74) is 1.59. The molecule has 0 aromatic heterocycles. The van der Waals surface area contributed by atoms with Crippen molar-refractivity contribution in [1.82, 2.24) is 0 Å². The van der Waals surface area contributed by atoms with Gasteiger partial charge in [0.25, 0.3) is 0 Å². The molecule has 0 saturated heterocycles. The third-order valence-corrected chi connectivity index (χ3v) is 3.30. The van der Waals surface area contributed by atoms with E-state index in [1.54, 1.807) is 0 Å². The van der Waals surface area contributed by atoms with Crippen molar-refractivity contribution in [2.24, 2.45) is 5.92 Å². The summed E-state index contributed by atoms with van der Waals surface area (Å²) in [4.78, 5) is 0. The lowest BCUT2D eigenvalue weighted by Gasteiger charge is -2.38. The van der Waals surface area contributed by atoms with Crippen molar-refractivity contribution < 1.29 is 4.74 Å². The molecule has 0 amide bonds. The molecule has 0 radical (unpaired) electrons. The number of para-hydroxylation sites is 1. The van der Waals surface area contributed by atoms with E-state index in [9.17, 15) is 0 Å². The van der Waals surface area contributed by atoms with Gasteiger partial charge in [-0.15, -0.1) is 0 Å². The van der Waals surface area contributed by atoms with Crippen molar-refractivity contribution in [2.75, 3.05) is 6.61 Å². The maximum absolute atomic E-state index is 5.67. The summed E-state index contributed by atoms with van der Waals surface area (Å²) in [5.74, 6) is 1.65. The first-order valence-corrected chi connectivity index (χ1v) is 4.84. The van der Waals surface area contributed by atoms with E-state index in [1.165, 1.54) is 5.56 Å². The van der Waals surface area contributed by atoms with Crippen LogP contribution in [0.25, 0.3) is 0 Å². The number of ether oxygens (including phenoxy) is 1. The van der Waals surface area contributed by atoms with Crippen molar-refractivity contribution in [3.8, 4) is 5.75 Å². The Labute approximate surface area is 79.7 Å². The number of benzene rings is 1. The summed E-state index contributed by atoms with van der Waals surface area (Å²) in [6.07, 6.45) is 0. The Hall–Kier alpha value is -0.980. The van der Waals surface area contributed by atoms with Crippen molar-refractivity contribution in [2.45, 2.75) is 26.2 Å². The first kappa shape index (κ1) is 8.61. The Balaban J connectivity index is 2.52. The number of hydrogen-bond donors (Lipinski definition) is 0. The average molecular weight is 176 g/mol. The normalized spacial score (nSPS) is 24.7. The SMILES string of the molecule is CC1COc2ccccc2C1(C)C. The smallest absolute Gasteiger partial charge is 0.123 e. The zero-order chi connectivity index (χ0) is 9.47. The van der Waals surface area contributed by atoms with Crippen LogP contribution in [0.4, 0.5) is 0 Å². The van der Waals surface area contributed by atoms with Crippen LogP contribution in [0.1, 0.15) is 26.3 Å². The highest BCUT2D eigenvalue weighted by Crippen LogP contribution is 2.41. The van der Waals surface area contributed by atoms with Gasteiger partial charge in [-0.25, -0.2) is 0 Å². The molecule has 0 fully saturated rings. The molecule has 13 heavy (non-hydrogen) atoms.